The first-order chi connectivity index (χ1) is 16.1. The van der Waals surface area contributed by atoms with Crippen molar-refractivity contribution in [3.8, 4) is 11.5 Å². The largest absolute Gasteiger partial charge is 0.493 e. The predicted molar refractivity (Wildman–Crippen MR) is 128 cm³/mol. The van der Waals surface area contributed by atoms with Gasteiger partial charge in [-0.3, -0.25) is 9.59 Å². The number of carbonyl (C=O) groups is 3. The van der Waals surface area contributed by atoms with Crippen LogP contribution in [-0.2, 0) is 14.3 Å². The summed E-state index contributed by atoms with van der Waals surface area (Å²) in [4.78, 5) is 41.2. The maximum Gasteiger partial charge on any atom is 0.328 e. The van der Waals surface area contributed by atoms with Crippen molar-refractivity contribution >= 4 is 17.8 Å². The molecule has 1 amide bonds. The zero-order chi connectivity index (χ0) is 25.4. The van der Waals surface area contributed by atoms with Gasteiger partial charge in [0.25, 0.3) is 5.91 Å². The Kier molecular flexibility index (Phi) is 9.59. The van der Waals surface area contributed by atoms with Crippen LogP contribution in [0.5, 0.6) is 11.5 Å². The Hall–Kier alpha value is -3.42. The van der Waals surface area contributed by atoms with Crippen LogP contribution < -0.4 is 14.8 Å². The molecular weight excluding hydrogens is 436 g/mol. The SMILES string of the molecule is CCC(C)[C@@H](c1ccccc1C)[C@H](C)OC(=O)[C@H](C)NC(=O)c1nccc(OC)c1OC(C)=O. The zero-order valence-electron chi connectivity index (χ0n) is 20.9. The third-order valence-electron chi connectivity index (χ3n) is 5.86. The second kappa shape index (κ2) is 12.2. The van der Waals surface area contributed by atoms with E-state index in [1.807, 2.05) is 32.0 Å². The highest BCUT2D eigenvalue weighted by atomic mass is 16.6. The molecular formula is C26H34N2O6. The van der Waals surface area contributed by atoms with Gasteiger partial charge < -0.3 is 19.5 Å². The molecule has 0 saturated carbocycles. The molecule has 1 N–H and O–H groups in total. The van der Waals surface area contributed by atoms with Gasteiger partial charge in [-0.15, -0.1) is 0 Å². The average Bonchev–Trinajstić information content (AvgIpc) is 2.79. The minimum absolute atomic E-state index is 0.00803. The Bertz CT molecular complexity index is 1020. The van der Waals surface area contributed by atoms with E-state index in [-0.39, 0.29) is 29.0 Å². The Morgan fingerprint density at radius 2 is 1.76 bits per heavy atom. The first-order valence-corrected chi connectivity index (χ1v) is 11.4. The van der Waals surface area contributed by atoms with Gasteiger partial charge in [-0.1, -0.05) is 44.5 Å². The standard InChI is InChI=1S/C26H34N2O6/c1-8-15(2)22(20-12-10-9-11-16(20)3)18(5)33-26(31)17(4)28-25(30)23-24(34-19(6)29)21(32-7)13-14-27-23/h9-15,17-18,22H,8H2,1-7H3,(H,28,30)/t15?,17-,18-,22+/m0/s1. The number of nitrogens with zero attached hydrogens (tertiary/aromatic N) is 1. The van der Waals surface area contributed by atoms with Crippen LogP contribution in [0, 0.1) is 12.8 Å². The van der Waals surface area contributed by atoms with Crippen molar-refractivity contribution in [1.29, 1.82) is 0 Å². The zero-order valence-corrected chi connectivity index (χ0v) is 20.9. The lowest BCUT2D eigenvalue weighted by molar-refractivity contribution is -0.151. The first kappa shape index (κ1) is 26.8. The molecule has 1 aromatic carbocycles. The van der Waals surface area contributed by atoms with E-state index in [9.17, 15) is 14.4 Å². The number of ether oxygens (including phenoxy) is 3. The normalized spacial score (nSPS) is 14.3. The molecule has 4 atom stereocenters. The number of aromatic nitrogens is 1. The van der Waals surface area contributed by atoms with Gasteiger partial charge in [0.2, 0.25) is 5.75 Å². The number of nitrogens with one attached hydrogen (secondary N) is 1. The molecule has 2 aromatic rings. The number of pyridine rings is 1. The lowest BCUT2D eigenvalue weighted by atomic mass is 9.80. The molecule has 1 unspecified atom stereocenters. The number of hydrogen-bond acceptors (Lipinski definition) is 7. The summed E-state index contributed by atoms with van der Waals surface area (Å²) in [6.45, 7) is 10.9. The Morgan fingerprint density at radius 3 is 2.35 bits per heavy atom. The molecule has 0 saturated heterocycles. The van der Waals surface area contributed by atoms with E-state index in [1.54, 1.807) is 0 Å². The molecule has 0 spiro atoms. The molecule has 34 heavy (non-hydrogen) atoms. The summed E-state index contributed by atoms with van der Waals surface area (Å²) in [6, 6.07) is 8.59. The maximum atomic E-state index is 12.9. The fourth-order valence-corrected chi connectivity index (χ4v) is 3.91. The monoisotopic (exact) mass is 470 g/mol. The fourth-order valence-electron chi connectivity index (χ4n) is 3.91. The second-order valence-corrected chi connectivity index (χ2v) is 8.39. The highest BCUT2D eigenvalue weighted by molar-refractivity contribution is 5.98. The summed E-state index contributed by atoms with van der Waals surface area (Å²) in [6.07, 6.45) is 1.87. The van der Waals surface area contributed by atoms with Crippen LogP contribution in [0.15, 0.2) is 36.5 Å². The van der Waals surface area contributed by atoms with Gasteiger partial charge >= 0.3 is 11.9 Å². The number of rotatable bonds is 10. The number of benzene rings is 1. The highest BCUT2D eigenvalue weighted by Crippen LogP contribution is 2.34. The number of hydrogen-bond donors (Lipinski definition) is 1. The number of methoxy groups -OCH3 is 1. The van der Waals surface area contributed by atoms with Crippen LogP contribution in [0.1, 0.15) is 68.6 Å². The Morgan fingerprint density at radius 1 is 1.09 bits per heavy atom. The van der Waals surface area contributed by atoms with Crippen molar-refractivity contribution in [2.75, 3.05) is 7.11 Å². The molecule has 1 heterocycles. The highest BCUT2D eigenvalue weighted by Gasteiger charge is 2.31. The smallest absolute Gasteiger partial charge is 0.328 e. The van der Waals surface area contributed by atoms with Gasteiger partial charge in [0.15, 0.2) is 11.4 Å². The molecule has 0 fully saturated rings. The Balaban J connectivity index is 2.17. The van der Waals surface area contributed by atoms with Crippen molar-refractivity contribution in [1.82, 2.24) is 10.3 Å². The number of esters is 2. The molecule has 0 aliphatic rings. The number of amides is 1. The van der Waals surface area contributed by atoms with E-state index < -0.39 is 30.0 Å². The Labute approximate surface area is 201 Å². The van der Waals surface area contributed by atoms with Gasteiger partial charge in [0, 0.05) is 25.1 Å². The van der Waals surface area contributed by atoms with Crippen LogP contribution in [0.3, 0.4) is 0 Å². The summed E-state index contributed by atoms with van der Waals surface area (Å²) in [5, 5.41) is 2.58. The van der Waals surface area contributed by atoms with Gasteiger partial charge in [-0.05, 0) is 37.8 Å². The summed E-state index contributed by atoms with van der Waals surface area (Å²) in [5.41, 5.74) is 2.11. The van der Waals surface area contributed by atoms with Crippen LogP contribution in [-0.4, -0.2) is 42.1 Å². The summed E-state index contributed by atoms with van der Waals surface area (Å²) in [5.74, 6) is -1.54. The van der Waals surface area contributed by atoms with Crippen molar-refractivity contribution in [2.24, 2.45) is 5.92 Å². The lowest BCUT2D eigenvalue weighted by Gasteiger charge is -2.31. The number of aryl methyl sites for hydroxylation is 1. The topological polar surface area (TPSA) is 104 Å². The molecule has 8 heteroatoms. The predicted octanol–water partition coefficient (Wildman–Crippen LogP) is 4.20. The average molecular weight is 471 g/mol. The van der Waals surface area contributed by atoms with Gasteiger partial charge in [0.1, 0.15) is 12.1 Å². The van der Waals surface area contributed by atoms with Crippen molar-refractivity contribution < 1.29 is 28.6 Å². The van der Waals surface area contributed by atoms with Crippen molar-refractivity contribution in [2.45, 2.75) is 66.0 Å². The number of carbonyl (C=O) groups excluding carboxylic acids is 3. The van der Waals surface area contributed by atoms with Gasteiger partial charge in [-0.2, -0.15) is 0 Å². The van der Waals surface area contributed by atoms with Gasteiger partial charge in [0.05, 0.1) is 7.11 Å². The van der Waals surface area contributed by atoms with Crippen LogP contribution in [0.4, 0.5) is 0 Å². The first-order valence-electron chi connectivity index (χ1n) is 11.4. The molecule has 0 radical (unpaired) electrons. The molecule has 2 rings (SSSR count). The van der Waals surface area contributed by atoms with E-state index in [2.05, 4.69) is 30.2 Å². The molecule has 0 aliphatic carbocycles. The maximum absolute atomic E-state index is 12.9. The molecule has 184 valence electrons. The minimum Gasteiger partial charge on any atom is -0.493 e. The van der Waals surface area contributed by atoms with E-state index in [1.165, 1.54) is 33.2 Å². The fraction of sp³-hybridized carbons (Fsp3) is 0.462. The van der Waals surface area contributed by atoms with Crippen LogP contribution >= 0.6 is 0 Å². The molecule has 0 aliphatic heterocycles. The van der Waals surface area contributed by atoms with Crippen LogP contribution in [0.25, 0.3) is 0 Å². The molecule has 8 nitrogen and oxygen atoms in total. The van der Waals surface area contributed by atoms with E-state index >= 15 is 0 Å². The second-order valence-electron chi connectivity index (χ2n) is 8.39. The van der Waals surface area contributed by atoms with E-state index in [4.69, 9.17) is 14.2 Å². The summed E-state index contributed by atoms with van der Waals surface area (Å²) < 4.78 is 16.1. The lowest BCUT2D eigenvalue weighted by Crippen LogP contribution is -2.42. The summed E-state index contributed by atoms with van der Waals surface area (Å²) in [7, 11) is 1.38. The molecule has 0 bridgehead atoms. The van der Waals surface area contributed by atoms with E-state index in [0.29, 0.717) is 0 Å². The summed E-state index contributed by atoms with van der Waals surface area (Å²) >= 11 is 0. The van der Waals surface area contributed by atoms with Crippen LogP contribution in [0.2, 0.25) is 0 Å². The molecule has 1 aromatic heterocycles. The quantitative estimate of drug-likeness (QED) is 0.519. The minimum atomic E-state index is -0.956. The van der Waals surface area contributed by atoms with Gasteiger partial charge in [-0.25, -0.2) is 9.78 Å². The van der Waals surface area contributed by atoms with Crippen molar-refractivity contribution in [3.05, 3.63) is 53.3 Å². The van der Waals surface area contributed by atoms with E-state index in [0.717, 1.165) is 17.5 Å². The third kappa shape index (κ3) is 6.56. The van der Waals surface area contributed by atoms with Crippen molar-refractivity contribution in [3.63, 3.8) is 0 Å². The third-order valence-corrected chi connectivity index (χ3v) is 5.86.